The number of nitrogens with zero attached hydrogens (tertiary/aromatic N) is 2. The van der Waals surface area contributed by atoms with Crippen LogP contribution in [0.1, 0.15) is 58.8 Å². The number of pyridine rings is 1. The van der Waals surface area contributed by atoms with Crippen molar-refractivity contribution in [2.24, 2.45) is 17.8 Å². The van der Waals surface area contributed by atoms with Crippen LogP contribution in [-0.4, -0.2) is 88.8 Å². The topological polar surface area (TPSA) is 193 Å². The van der Waals surface area contributed by atoms with Gasteiger partial charge in [0.2, 0.25) is 17.7 Å². The molecule has 50 heavy (non-hydrogen) atoms. The van der Waals surface area contributed by atoms with Crippen LogP contribution < -0.4 is 24.8 Å². The number of carboxylic acid groups (broad SMARTS) is 1. The number of methoxy groups -OCH3 is 1. The smallest absolute Gasteiger partial charge is 0.405 e. The molecular weight excluding hydrogens is 690 g/mol. The molecule has 1 aromatic heterocycles. The highest BCUT2D eigenvalue weighted by Gasteiger charge is 2.63. The van der Waals surface area contributed by atoms with Crippen molar-refractivity contribution in [2.45, 2.75) is 86.7 Å². The highest BCUT2D eigenvalue weighted by atomic mass is 35.5. The number of nitrogens with one attached hydrogen (secondary N) is 3. The van der Waals surface area contributed by atoms with Crippen LogP contribution in [0.4, 0.5) is 4.79 Å². The maximum atomic E-state index is 14.3. The molecule has 2 aliphatic carbocycles. The molecule has 7 atom stereocenters. The van der Waals surface area contributed by atoms with E-state index in [9.17, 15) is 32.7 Å². The number of amides is 4. The van der Waals surface area contributed by atoms with Crippen LogP contribution in [-0.2, 0) is 24.4 Å². The zero-order valence-electron chi connectivity index (χ0n) is 28.1. The predicted molar refractivity (Wildman–Crippen MR) is 183 cm³/mol. The lowest BCUT2D eigenvalue weighted by Gasteiger charge is -2.32. The van der Waals surface area contributed by atoms with E-state index < -0.39 is 73.6 Å². The number of alkyl halides is 1. The van der Waals surface area contributed by atoms with Gasteiger partial charge in [-0.05, 0) is 56.4 Å². The van der Waals surface area contributed by atoms with Crippen molar-refractivity contribution in [1.82, 2.24) is 25.2 Å². The highest BCUT2D eigenvalue weighted by molar-refractivity contribution is 7.93. The van der Waals surface area contributed by atoms with Gasteiger partial charge in [0.1, 0.15) is 29.5 Å². The Morgan fingerprint density at radius 2 is 1.86 bits per heavy atom. The van der Waals surface area contributed by atoms with E-state index in [1.165, 1.54) is 18.2 Å². The Balaban J connectivity index is 1.34. The van der Waals surface area contributed by atoms with Crippen LogP contribution in [0.2, 0.25) is 0 Å². The quantitative estimate of drug-likeness (QED) is 0.243. The van der Waals surface area contributed by atoms with Crippen molar-refractivity contribution in [3.8, 4) is 11.6 Å². The van der Waals surface area contributed by atoms with E-state index in [1.54, 1.807) is 6.92 Å². The third-order valence-corrected chi connectivity index (χ3v) is 13.1. The number of carbonyl (C=O) groups is 4. The molecule has 16 heteroatoms. The van der Waals surface area contributed by atoms with Crippen molar-refractivity contribution in [3.05, 3.63) is 42.6 Å². The average molecular weight is 732 g/mol. The first kappa shape index (κ1) is 35.7. The summed E-state index contributed by atoms with van der Waals surface area (Å²) in [5.41, 5.74) is -1.60. The molecule has 4 N–H and O–H groups in total. The van der Waals surface area contributed by atoms with Gasteiger partial charge in [0.15, 0.2) is 4.21 Å². The van der Waals surface area contributed by atoms with E-state index in [4.69, 9.17) is 21.1 Å². The molecule has 2 aromatic rings. The van der Waals surface area contributed by atoms with E-state index in [0.717, 1.165) is 11.8 Å². The molecule has 3 fully saturated rings. The van der Waals surface area contributed by atoms with E-state index in [1.807, 2.05) is 43.3 Å². The number of halogens is 1. The van der Waals surface area contributed by atoms with Crippen LogP contribution >= 0.6 is 11.6 Å². The molecule has 2 aliphatic heterocycles. The molecule has 1 aromatic carbocycles. The highest BCUT2D eigenvalue weighted by Crippen LogP contribution is 2.49. The summed E-state index contributed by atoms with van der Waals surface area (Å²) in [6.45, 7) is 3.74. The summed E-state index contributed by atoms with van der Waals surface area (Å²) in [7, 11) is -2.70. The number of fused-ring (bicyclic) bond motifs is 3. The zero-order valence-corrected chi connectivity index (χ0v) is 29.6. The first-order chi connectivity index (χ1) is 23.7. The largest absolute Gasteiger partial charge is 0.494 e. The summed E-state index contributed by atoms with van der Waals surface area (Å²) in [4.78, 5) is 59.9. The number of benzene rings is 1. The Hall–Kier alpha value is -4.11. The van der Waals surface area contributed by atoms with Gasteiger partial charge >= 0.3 is 6.09 Å². The normalized spacial score (nSPS) is 30.9. The summed E-state index contributed by atoms with van der Waals surface area (Å²) in [6, 6.07) is 4.97. The molecular formula is C34H42ClN5O9S. The van der Waals surface area contributed by atoms with Crippen LogP contribution in [0, 0.1) is 17.8 Å². The molecule has 2 saturated carbocycles. The minimum atomic E-state index is -4.23. The lowest BCUT2D eigenvalue weighted by Crippen LogP contribution is -2.59. The second kappa shape index (κ2) is 13.5. The van der Waals surface area contributed by atoms with Gasteiger partial charge in [0.25, 0.3) is 15.9 Å². The molecule has 0 bridgehead atoms. The maximum absolute atomic E-state index is 14.3. The summed E-state index contributed by atoms with van der Waals surface area (Å²) in [5.74, 6) is -2.22. The van der Waals surface area contributed by atoms with Gasteiger partial charge in [-0.25, -0.2) is 22.9 Å². The van der Waals surface area contributed by atoms with Crippen molar-refractivity contribution in [3.63, 3.8) is 0 Å². The summed E-state index contributed by atoms with van der Waals surface area (Å²) < 4.78 is 38.2. The third kappa shape index (κ3) is 6.94. The number of sulfonamides is 1. The Labute approximate surface area is 295 Å². The van der Waals surface area contributed by atoms with Crippen LogP contribution in [0.25, 0.3) is 10.8 Å². The zero-order chi connectivity index (χ0) is 36.0. The van der Waals surface area contributed by atoms with E-state index in [-0.39, 0.29) is 44.0 Å². The van der Waals surface area contributed by atoms with Gasteiger partial charge < -0.3 is 30.1 Å². The molecule has 270 valence electrons. The van der Waals surface area contributed by atoms with Gasteiger partial charge in [0, 0.05) is 23.1 Å². The van der Waals surface area contributed by atoms with Crippen LogP contribution in [0.3, 0.4) is 0 Å². The summed E-state index contributed by atoms with van der Waals surface area (Å²) in [6.07, 6.45) is 5.52. The summed E-state index contributed by atoms with van der Waals surface area (Å²) in [5, 5.41) is 16.3. The number of rotatable bonds is 7. The monoisotopic (exact) mass is 731 g/mol. The van der Waals surface area contributed by atoms with E-state index >= 15 is 0 Å². The number of carbonyl (C=O) groups excluding carboxylic acids is 3. The first-order valence-corrected chi connectivity index (χ1v) is 18.7. The van der Waals surface area contributed by atoms with Crippen molar-refractivity contribution in [2.75, 3.05) is 13.7 Å². The molecule has 1 saturated heterocycles. The first-order valence-electron chi connectivity index (χ1n) is 16.8. The van der Waals surface area contributed by atoms with E-state index in [0.29, 0.717) is 24.0 Å². The second-order valence-electron chi connectivity index (χ2n) is 14.0. The fourth-order valence-corrected chi connectivity index (χ4v) is 8.63. The number of hydrogen-bond acceptors (Lipinski definition) is 9. The average Bonchev–Trinajstić information content (AvgIpc) is 3.95. The number of allylic oxidation sites excluding steroid dienone is 1. The Morgan fingerprint density at radius 3 is 2.54 bits per heavy atom. The second-order valence-corrected chi connectivity index (χ2v) is 16.9. The minimum Gasteiger partial charge on any atom is -0.494 e. The van der Waals surface area contributed by atoms with Crippen LogP contribution in [0.5, 0.6) is 11.6 Å². The Morgan fingerprint density at radius 1 is 1.14 bits per heavy atom. The number of aromatic nitrogens is 1. The number of ether oxygens (including phenoxy) is 2. The van der Waals surface area contributed by atoms with Gasteiger partial charge in [-0.1, -0.05) is 55.8 Å². The molecule has 3 heterocycles. The van der Waals surface area contributed by atoms with Crippen molar-refractivity contribution in [1.29, 1.82) is 0 Å². The molecule has 0 unspecified atom stereocenters. The lowest BCUT2D eigenvalue weighted by molar-refractivity contribution is -0.142. The third-order valence-electron chi connectivity index (χ3n) is 10.3. The maximum Gasteiger partial charge on any atom is 0.405 e. The molecule has 4 amide bonds. The van der Waals surface area contributed by atoms with E-state index in [2.05, 4.69) is 20.3 Å². The predicted octanol–water partition coefficient (Wildman–Crippen LogP) is 3.29. The van der Waals surface area contributed by atoms with Gasteiger partial charge in [0.05, 0.1) is 19.9 Å². The van der Waals surface area contributed by atoms with Crippen molar-refractivity contribution < 1.29 is 42.2 Å². The van der Waals surface area contributed by atoms with Gasteiger partial charge in [-0.3, -0.25) is 14.4 Å². The fraction of sp³-hybridized carbons (Fsp3) is 0.559. The SMILES string of the molecule is COc1cnc(O[C@@H]2C[C@H]3C(=O)N[C@]4(C(=O)NS(=O)(=O)C5(Cl)CC5)C[C@H]4C=CCC[C@@H](C)C[C@@H](C)[C@H](NC(=O)O)C(=O)N3C2)c2ccccc12. The molecule has 4 aliphatic rings. The Kier molecular flexibility index (Phi) is 9.68. The summed E-state index contributed by atoms with van der Waals surface area (Å²) >= 11 is 6.18. The molecule has 14 nitrogen and oxygen atoms in total. The van der Waals surface area contributed by atoms with Gasteiger partial charge in [-0.2, -0.15) is 0 Å². The number of hydrogen-bond donors (Lipinski definition) is 4. The molecule has 6 rings (SSSR count). The molecule has 0 spiro atoms. The van der Waals surface area contributed by atoms with Crippen molar-refractivity contribution >= 4 is 56.2 Å². The van der Waals surface area contributed by atoms with Crippen LogP contribution in [0.15, 0.2) is 42.6 Å². The lowest BCUT2D eigenvalue weighted by atomic mass is 9.88. The minimum absolute atomic E-state index is 0.00845. The standard InChI is InChI=1S/C34H42ClN5O9S/c1-19-8-4-5-9-21-16-34(21,31(43)39-50(46,47)33(35)12-13-33)38-28(41)25-15-22(18-40(25)30(42)27(20(2)14-19)37-32(44)45)49-29-24-11-7-6-10-23(24)26(48-3)17-36-29/h5-7,9-11,17,19-22,25,27,37H,4,8,12-16,18H2,1-3H3,(H,38,41)(H,39,43)(H,44,45)/t19-,20-,21-,22-,25+,27+,34-/m1/s1. The molecule has 0 radical (unpaired) electrons. The van der Waals surface area contributed by atoms with Gasteiger partial charge in [-0.15, -0.1) is 0 Å². The fourth-order valence-electron chi connectivity index (χ4n) is 7.18. The Bertz CT molecular complexity index is 1840.